The molecule has 6 aromatic rings. The highest BCUT2D eigenvalue weighted by Crippen LogP contribution is 2.56. The average molecular weight is 623 g/mol. The summed E-state index contributed by atoms with van der Waals surface area (Å²) in [6, 6.07) is 46.0. The van der Waals surface area contributed by atoms with Gasteiger partial charge in [-0.3, -0.25) is 4.57 Å². The maximum absolute atomic E-state index is 14.8. The van der Waals surface area contributed by atoms with Gasteiger partial charge < -0.3 is 18.7 Å². The monoisotopic (exact) mass is 622 g/mol. The van der Waals surface area contributed by atoms with Crippen molar-refractivity contribution >= 4 is 18.0 Å². The number of methoxy groups -OCH3 is 1. The summed E-state index contributed by atoms with van der Waals surface area (Å²) in [5.74, 6) is 2.22. The van der Waals surface area contributed by atoms with Crippen molar-refractivity contribution in [1.82, 2.24) is 0 Å². The van der Waals surface area contributed by atoms with Crippen molar-refractivity contribution < 1.29 is 23.3 Å². The summed E-state index contributed by atoms with van der Waals surface area (Å²) < 4.78 is 38.8. The molecular weight excluding hydrogens is 591 g/mol. The molecule has 1 aliphatic heterocycles. The fourth-order valence-corrected chi connectivity index (χ4v) is 9.34. The quantitative estimate of drug-likeness (QED) is 0.132. The smallest absolute Gasteiger partial charge is 0.311 e. The largest absolute Gasteiger partial charge is 0.496 e. The lowest BCUT2D eigenvalue weighted by Gasteiger charge is -2.29. The van der Waals surface area contributed by atoms with Crippen LogP contribution >= 0.6 is 7.37 Å². The van der Waals surface area contributed by atoms with Crippen molar-refractivity contribution in [2.45, 2.75) is 12.3 Å². The molecule has 0 radical (unpaired) electrons. The molecule has 6 heteroatoms. The highest BCUT2D eigenvalue weighted by atomic mass is 31.2. The summed E-state index contributed by atoms with van der Waals surface area (Å²) in [7, 11) is -2.01. The minimum atomic E-state index is -3.57. The Morgan fingerprint density at radius 2 is 1.17 bits per heavy atom. The molecule has 1 aliphatic carbocycles. The van der Waals surface area contributed by atoms with Gasteiger partial charge in [0.1, 0.15) is 23.0 Å². The molecule has 5 nitrogen and oxygen atoms in total. The lowest BCUT2D eigenvalue weighted by Crippen LogP contribution is -2.26. The number of benzene rings is 6. The van der Waals surface area contributed by atoms with Crippen LogP contribution in [0.4, 0.5) is 0 Å². The SMILES string of the molecule is COc1ccc(OCOc2ccc(C3(C)c4ccccc4-c4ccccc43)cc2)cc1P1(=O)Oc2ccccc2-c2ccccc21. The summed E-state index contributed by atoms with van der Waals surface area (Å²) in [5.41, 5.74) is 7.88. The Morgan fingerprint density at radius 1 is 0.609 bits per heavy atom. The minimum absolute atomic E-state index is 0.0291. The third-order valence-electron chi connectivity index (χ3n) is 9.20. The van der Waals surface area contributed by atoms with E-state index in [0.29, 0.717) is 33.6 Å². The summed E-state index contributed by atoms with van der Waals surface area (Å²) >= 11 is 0. The first-order chi connectivity index (χ1) is 22.5. The zero-order valence-corrected chi connectivity index (χ0v) is 26.4. The van der Waals surface area contributed by atoms with Gasteiger partial charge in [-0.2, -0.15) is 0 Å². The highest BCUT2D eigenvalue weighted by molar-refractivity contribution is 7.75. The molecule has 0 bridgehead atoms. The van der Waals surface area contributed by atoms with Crippen LogP contribution in [0, 0.1) is 0 Å². The van der Waals surface area contributed by atoms with Crippen LogP contribution in [0.2, 0.25) is 0 Å². The van der Waals surface area contributed by atoms with E-state index in [1.807, 2.05) is 60.7 Å². The standard InChI is InChI=1S/C40H31O5P/c1-40(34-15-7-3-11-30(34)31-12-4-8-16-35(31)40)27-19-21-28(22-20-27)43-26-44-29-23-24-37(42-2)39(25-29)46(41)38-18-10-6-14-33(38)32-13-5-9-17-36(32)45-46/h3-25H,26H2,1-2H3. The van der Waals surface area contributed by atoms with Crippen molar-refractivity contribution in [3.05, 3.63) is 156 Å². The van der Waals surface area contributed by atoms with E-state index in [9.17, 15) is 4.57 Å². The van der Waals surface area contributed by atoms with Gasteiger partial charge in [-0.15, -0.1) is 0 Å². The first-order valence-corrected chi connectivity index (χ1v) is 16.9. The van der Waals surface area contributed by atoms with Crippen LogP contribution in [0.5, 0.6) is 23.0 Å². The van der Waals surface area contributed by atoms with Crippen molar-refractivity contribution in [1.29, 1.82) is 0 Å². The molecule has 0 amide bonds. The van der Waals surface area contributed by atoms with Crippen molar-refractivity contribution in [2.75, 3.05) is 13.9 Å². The number of ether oxygens (including phenoxy) is 3. The topological polar surface area (TPSA) is 54.0 Å². The minimum Gasteiger partial charge on any atom is -0.496 e. The zero-order valence-electron chi connectivity index (χ0n) is 25.5. The van der Waals surface area contributed by atoms with E-state index in [-0.39, 0.29) is 12.2 Å². The fraction of sp³-hybridized carbons (Fsp3) is 0.100. The molecule has 1 unspecified atom stereocenters. The Kier molecular flexibility index (Phi) is 6.74. The fourth-order valence-electron chi connectivity index (χ4n) is 6.90. The van der Waals surface area contributed by atoms with Gasteiger partial charge in [0.25, 0.3) is 0 Å². The molecule has 0 saturated heterocycles. The normalized spacial score (nSPS) is 16.7. The van der Waals surface area contributed by atoms with E-state index in [0.717, 1.165) is 11.1 Å². The number of hydrogen-bond acceptors (Lipinski definition) is 5. The van der Waals surface area contributed by atoms with E-state index in [4.69, 9.17) is 18.7 Å². The second-order valence-corrected chi connectivity index (χ2v) is 13.9. The van der Waals surface area contributed by atoms with E-state index in [1.54, 1.807) is 25.3 Å². The second kappa shape index (κ2) is 11.0. The van der Waals surface area contributed by atoms with Gasteiger partial charge in [0.2, 0.25) is 6.79 Å². The summed E-state index contributed by atoms with van der Waals surface area (Å²) in [5, 5.41) is 1.06. The first-order valence-electron chi connectivity index (χ1n) is 15.2. The molecule has 0 spiro atoms. The molecule has 1 heterocycles. The number of hydrogen-bond donors (Lipinski definition) is 0. The van der Waals surface area contributed by atoms with Gasteiger partial charge in [0.05, 0.1) is 17.7 Å². The van der Waals surface area contributed by atoms with Crippen LogP contribution in [0.15, 0.2) is 140 Å². The third kappa shape index (κ3) is 4.34. The van der Waals surface area contributed by atoms with E-state index in [2.05, 4.69) is 67.6 Å². The Hall–Kier alpha value is -5.25. The van der Waals surface area contributed by atoms with Crippen LogP contribution in [0.1, 0.15) is 23.6 Å². The molecule has 2 aliphatic rings. The number of rotatable bonds is 7. The van der Waals surface area contributed by atoms with Crippen LogP contribution in [-0.2, 0) is 9.98 Å². The summed E-state index contributed by atoms with van der Waals surface area (Å²) in [6.45, 7) is 2.26. The molecule has 0 fully saturated rings. The Balaban J connectivity index is 1.03. The predicted octanol–water partition coefficient (Wildman–Crippen LogP) is 8.73. The van der Waals surface area contributed by atoms with Crippen molar-refractivity contribution in [3.63, 3.8) is 0 Å². The van der Waals surface area contributed by atoms with Crippen LogP contribution in [-0.4, -0.2) is 13.9 Å². The predicted molar refractivity (Wildman–Crippen MR) is 182 cm³/mol. The average Bonchev–Trinajstić information content (AvgIpc) is 3.37. The Morgan fingerprint density at radius 3 is 1.87 bits per heavy atom. The van der Waals surface area contributed by atoms with Crippen molar-refractivity contribution in [3.8, 4) is 45.3 Å². The lowest BCUT2D eigenvalue weighted by atomic mass is 9.74. The molecule has 0 saturated carbocycles. The molecule has 1 atom stereocenters. The summed E-state index contributed by atoms with van der Waals surface area (Å²) in [6.07, 6.45) is 0. The summed E-state index contributed by atoms with van der Waals surface area (Å²) in [4.78, 5) is 0. The van der Waals surface area contributed by atoms with Crippen LogP contribution in [0.25, 0.3) is 22.3 Å². The van der Waals surface area contributed by atoms with Gasteiger partial charge >= 0.3 is 7.37 Å². The molecule has 226 valence electrons. The van der Waals surface area contributed by atoms with Gasteiger partial charge in [0, 0.05) is 11.0 Å². The van der Waals surface area contributed by atoms with Gasteiger partial charge in [-0.1, -0.05) is 97.1 Å². The van der Waals surface area contributed by atoms with Gasteiger partial charge in [0.15, 0.2) is 0 Å². The highest BCUT2D eigenvalue weighted by Gasteiger charge is 2.41. The Labute approximate surface area is 268 Å². The first kappa shape index (κ1) is 28.2. The molecule has 6 aromatic carbocycles. The van der Waals surface area contributed by atoms with E-state index < -0.39 is 7.37 Å². The van der Waals surface area contributed by atoms with E-state index in [1.165, 1.54) is 27.8 Å². The van der Waals surface area contributed by atoms with Crippen LogP contribution in [0.3, 0.4) is 0 Å². The van der Waals surface area contributed by atoms with Crippen LogP contribution < -0.4 is 29.3 Å². The lowest BCUT2D eigenvalue weighted by molar-refractivity contribution is 0.120. The van der Waals surface area contributed by atoms with Gasteiger partial charge in [-0.25, -0.2) is 0 Å². The molecule has 0 aromatic heterocycles. The van der Waals surface area contributed by atoms with E-state index >= 15 is 0 Å². The maximum Gasteiger partial charge on any atom is 0.311 e. The molecule has 0 N–H and O–H groups in total. The Bertz CT molecular complexity index is 2110. The van der Waals surface area contributed by atoms with Gasteiger partial charge in [-0.05, 0) is 82.8 Å². The second-order valence-electron chi connectivity index (χ2n) is 11.6. The molecule has 46 heavy (non-hydrogen) atoms. The molecule has 8 rings (SSSR count). The number of fused-ring (bicyclic) bond motifs is 6. The third-order valence-corrected chi connectivity index (χ3v) is 11.7. The van der Waals surface area contributed by atoms with Crippen molar-refractivity contribution in [2.24, 2.45) is 0 Å². The maximum atomic E-state index is 14.8. The molecular formula is C40H31O5P. The number of para-hydroxylation sites is 1. The zero-order chi connectivity index (χ0) is 31.3.